The highest BCUT2D eigenvalue weighted by Gasteiger charge is 2.15. The van der Waals surface area contributed by atoms with Gasteiger partial charge in [0.2, 0.25) is 0 Å². The lowest BCUT2D eigenvalue weighted by Crippen LogP contribution is -2.13. The summed E-state index contributed by atoms with van der Waals surface area (Å²) in [5.74, 6) is -0.256. The molecule has 1 fully saturated rings. The highest BCUT2D eigenvalue weighted by molar-refractivity contribution is 7.80. The van der Waals surface area contributed by atoms with E-state index < -0.39 is 0 Å². The van der Waals surface area contributed by atoms with Gasteiger partial charge in [0.1, 0.15) is 5.82 Å². The molecule has 16 heavy (non-hydrogen) atoms. The second-order valence-corrected chi connectivity index (χ2v) is 4.40. The van der Waals surface area contributed by atoms with Gasteiger partial charge in [-0.2, -0.15) is 0 Å². The van der Waals surface area contributed by atoms with E-state index in [0.717, 1.165) is 29.9 Å². The Hall–Kier alpha value is -0.580. The van der Waals surface area contributed by atoms with Crippen molar-refractivity contribution in [2.24, 2.45) is 0 Å². The Morgan fingerprint density at radius 1 is 1.50 bits per heavy atom. The SMILES string of the molecule is Fc1ccc(S)c(COCC2CCCO2)c1. The molecular weight excluding hydrogens is 227 g/mol. The van der Waals surface area contributed by atoms with Gasteiger partial charge in [0, 0.05) is 11.5 Å². The molecule has 0 saturated carbocycles. The summed E-state index contributed by atoms with van der Waals surface area (Å²) in [4.78, 5) is 0.758. The molecule has 1 saturated heterocycles. The minimum Gasteiger partial charge on any atom is -0.376 e. The number of rotatable bonds is 4. The van der Waals surface area contributed by atoms with E-state index in [-0.39, 0.29) is 11.9 Å². The number of hydrogen-bond donors (Lipinski definition) is 1. The van der Waals surface area contributed by atoms with Crippen LogP contribution in [0.4, 0.5) is 4.39 Å². The van der Waals surface area contributed by atoms with Crippen molar-refractivity contribution in [3.63, 3.8) is 0 Å². The molecule has 4 heteroatoms. The first kappa shape index (κ1) is 11.9. The summed E-state index contributed by atoms with van der Waals surface area (Å²) in [6.07, 6.45) is 2.36. The molecule has 2 nitrogen and oxygen atoms in total. The zero-order valence-electron chi connectivity index (χ0n) is 8.99. The van der Waals surface area contributed by atoms with Gasteiger partial charge in [-0.3, -0.25) is 0 Å². The molecule has 1 unspecified atom stereocenters. The summed E-state index contributed by atoms with van der Waals surface area (Å²) in [7, 11) is 0. The van der Waals surface area contributed by atoms with Gasteiger partial charge >= 0.3 is 0 Å². The van der Waals surface area contributed by atoms with Crippen molar-refractivity contribution in [3.8, 4) is 0 Å². The summed E-state index contributed by atoms with van der Waals surface area (Å²) in [6.45, 7) is 1.78. The Labute approximate surface area is 100 Å². The summed E-state index contributed by atoms with van der Waals surface area (Å²) in [5.41, 5.74) is 0.779. The molecule has 1 heterocycles. The minimum atomic E-state index is -0.256. The van der Waals surface area contributed by atoms with Gasteiger partial charge in [-0.05, 0) is 36.6 Å². The summed E-state index contributed by atoms with van der Waals surface area (Å²) in [6, 6.07) is 4.49. The Bertz CT molecular complexity index is 351. The first-order chi connectivity index (χ1) is 7.75. The predicted octanol–water partition coefficient (Wildman–Crippen LogP) is 2.81. The molecule has 0 aliphatic carbocycles. The number of hydrogen-bond acceptors (Lipinski definition) is 3. The van der Waals surface area contributed by atoms with Gasteiger partial charge in [0.15, 0.2) is 0 Å². The summed E-state index contributed by atoms with van der Waals surface area (Å²) in [5, 5.41) is 0. The van der Waals surface area contributed by atoms with Crippen LogP contribution in [0.2, 0.25) is 0 Å². The van der Waals surface area contributed by atoms with Gasteiger partial charge < -0.3 is 9.47 Å². The molecule has 0 amide bonds. The molecule has 88 valence electrons. The van der Waals surface area contributed by atoms with Crippen LogP contribution < -0.4 is 0 Å². The lowest BCUT2D eigenvalue weighted by Gasteiger charge is -2.11. The first-order valence-corrected chi connectivity index (χ1v) is 5.87. The number of halogens is 1. The van der Waals surface area contributed by atoms with E-state index in [1.165, 1.54) is 12.1 Å². The topological polar surface area (TPSA) is 18.5 Å². The summed E-state index contributed by atoms with van der Waals surface area (Å²) < 4.78 is 23.9. The van der Waals surface area contributed by atoms with E-state index in [9.17, 15) is 4.39 Å². The molecule has 0 radical (unpaired) electrons. The van der Waals surface area contributed by atoms with Crippen LogP contribution in [0, 0.1) is 5.82 Å². The van der Waals surface area contributed by atoms with Gasteiger partial charge in [0.25, 0.3) is 0 Å². The van der Waals surface area contributed by atoms with Crippen LogP contribution in [0.25, 0.3) is 0 Å². The number of thiol groups is 1. The lowest BCUT2D eigenvalue weighted by molar-refractivity contribution is 0.00997. The molecule has 0 aromatic heterocycles. The molecule has 1 atom stereocenters. The standard InChI is InChI=1S/C12H15FO2S/c13-10-3-4-12(16)9(6-10)7-14-8-11-2-1-5-15-11/h3-4,6,11,16H,1-2,5,7-8H2. The van der Waals surface area contributed by atoms with Crippen LogP contribution in [0.3, 0.4) is 0 Å². The van der Waals surface area contributed by atoms with Crippen molar-refractivity contribution in [2.75, 3.05) is 13.2 Å². The van der Waals surface area contributed by atoms with Crippen LogP contribution in [-0.2, 0) is 16.1 Å². The molecule has 1 aliphatic heterocycles. The molecular formula is C12H15FO2S. The molecule has 1 aromatic carbocycles. The average Bonchev–Trinajstić information content (AvgIpc) is 2.76. The second kappa shape index (κ2) is 5.66. The van der Waals surface area contributed by atoms with Crippen LogP contribution in [0.5, 0.6) is 0 Å². The Kier molecular flexibility index (Phi) is 4.21. The largest absolute Gasteiger partial charge is 0.376 e. The summed E-state index contributed by atoms with van der Waals surface area (Å²) >= 11 is 4.25. The minimum absolute atomic E-state index is 0.205. The smallest absolute Gasteiger partial charge is 0.123 e. The van der Waals surface area contributed by atoms with Crippen molar-refractivity contribution in [2.45, 2.75) is 30.4 Å². The Morgan fingerprint density at radius 3 is 3.12 bits per heavy atom. The molecule has 0 spiro atoms. The fourth-order valence-corrected chi connectivity index (χ4v) is 1.95. The first-order valence-electron chi connectivity index (χ1n) is 5.42. The normalized spacial score (nSPS) is 20.2. The highest BCUT2D eigenvalue weighted by atomic mass is 32.1. The van der Waals surface area contributed by atoms with Crippen LogP contribution in [-0.4, -0.2) is 19.3 Å². The third kappa shape index (κ3) is 3.20. The van der Waals surface area contributed by atoms with Crippen LogP contribution >= 0.6 is 12.6 Å². The maximum absolute atomic E-state index is 13.0. The van der Waals surface area contributed by atoms with Crippen LogP contribution in [0.1, 0.15) is 18.4 Å². The maximum Gasteiger partial charge on any atom is 0.123 e. The number of benzene rings is 1. The quantitative estimate of drug-likeness (QED) is 0.818. The van der Waals surface area contributed by atoms with E-state index in [2.05, 4.69) is 12.6 Å². The molecule has 1 aromatic rings. The van der Waals surface area contributed by atoms with E-state index in [1.807, 2.05) is 0 Å². The maximum atomic E-state index is 13.0. The van der Waals surface area contributed by atoms with Crippen LogP contribution in [0.15, 0.2) is 23.1 Å². The monoisotopic (exact) mass is 242 g/mol. The third-order valence-electron chi connectivity index (χ3n) is 2.63. The van der Waals surface area contributed by atoms with E-state index in [4.69, 9.17) is 9.47 Å². The highest BCUT2D eigenvalue weighted by Crippen LogP contribution is 2.17. The zero-order chi connectivity index (χ0) is 11.4. The zero-order valence-corrected chi connectivity index (χ0v) is 9.88. The van der Waals surface area contributed by atoms with Gasteiger partial charge in [-0.15, -0.1) is 12.6 Å². The van der Waals surface area contributed by atoms with Crippen molar-refractivity contribution < 1.29 is 13.9 Å². The van der Waals surface area contributed by atoms with Gasteiger partial charge in [-0.25, -0.2) is 4.39 Å². The molecule has 0 N–H and O–H groups in total. The number of ether oxygens (including phenoxy) is 2. The molecule has 2 rings (SSSR count). The van der Waals surface area contributed by atoms with Gasteiger partial charge in [-0.1, -0.05) is 0 Å². The third-order valence-corrected chi connectivity index (χ3v) is 3.06. The van der Waals surface area contributed by atoms with Crippen molar-refractivity contribution in [1.82, 2.24) is 0 Å². The fourth-order valence-electron chi connectivity index (χ4n) is 1.75. The van der Waals surface area contributed by atoms with E-state index >= 15 is 0 Å². The molecule has 1 aliphatic rings. The van der Waals surface area contributed by atoms with Gasteiger partial charge in [0.05, 0.1) is 19.3 Å². The van der Waals surface area contributed by atoms with E-state index in [1.54, 1.807) is 6.07 Å². The lowest BCUT2D eigenvalue weighted by atomic mass is 10.2. The molecule has 0 bridgehead atoms. The van der Waals surface area contributed by atoms with Crippen molar-refractivity contribution in [1.29, 1.82) is 0 Å². The Balaban J connectivity index is 1.82. The fraction of sp³-hybridized carbons (Fsp3) is 0.500. The average molecular weight is 242 g/mol. The van der Waals surface area contributed by atoms with Crippen molar-refractivity contribution >= 4 is 12.6 Å². The van der Waals surface area contributed by atoms with E-state index in [0.29, 0.717) is 13.2 Å². The Morgan fingerprint density at radius 2 is 2.38 bits per heavy atom. The second-order valence-electron chi connectivity index (χ2n) is 3.92. The van der Waals surface area contributed by atoms with Crippen molar-refractivity contribution in [3.05, 3.63) is 29.6 Å². The predicted molar refractivity (Wildman–Crippen MR) is 62.3 cm³/mol.